The number of allylic oxidation sites excluding steroid dienone is 1. The van der Waals surface area contributed by atoms with Crippen LogP contribution in [0.2, 0.25) is 0 Å². The van der Waals surface area contributed by atoms with Gasteiger partial charge >= 0.3 is 0 Å². The number of aliphatic imine (C=N–C) groups is 1. The second kappa shape index (κ2) is 16.8. The van der Waals surface area contributed by atoms with Crippen LogP contribution >= 0.6 is 0 Å². The smallest absolute Gasteiger partial charge is 0.222 e. The molecular formula is C41H51N4O12+. The number of quaternary nitrogens is 1. The molecule has 9 N–H and O–H groups in total. The fourth-order valence-corrected chi connectivity index (χ4v) is 8.28. The molecule has 0 aliphatic carbocycles. The van der Waals surface area contributed by atoms with Crippen LogP contribution in [0.3, 0.4) is 0 Å². The largest absolute Gasteiger partial charge is 0.508 e. The number of carbonyl (C=O) groups excluding carboxylic acids is 1. The molecular weight excluding hydrogens is 740 g/mol. The number of phenols is 1. The number of nitrogens with one attached hydrogen (secondary N) is 3. The van der Waals surface area contributed by atoms with Gasteiger partial charge in [-0.3, -0.25) is 19.5 Å². The Morgan fingerprint density at radius 1 is 1.14 bits per heavy atom. The van der Waals surface area contributed by atoms with E-state index in [1.807, 2.05) is 19.3 Å². The number of phenolic OH excluding ortho intramolecular Hbond substituents is 1. The molecule has 5 heterocycles. The second-order valence-corrected chi connectivity index (χ2v) is 15.7. The van der Waals surface area contributed by atoms with Crippen LogP contribution in [-0.4, -0.2) is 118 Å². The van der Waals surface area contributed by atoms with Crippen LogP contribution in [0.1, 0.15) is 42.6 Å². The average molecular weight is 792 g/mol. The van der Waals surface area contributed by atoms with Gasteiger partial charge < -0.3 is 50.4 Å². The monoisotopic (exact) mass is 791 g/mol. The molecule has 1 amide bonds. The van der Waals surface area contributed by atoms with E-state index in [0.717, 1.165) is 16.2 Å². The first-order valence-corrected chi connectivity index (χ1v) is 19.3. The molecule has 2 aromatic carbocycles. The minimum Gasteiger partial charge on any atom is -0.508 e. The van der Waals surface area contributed by atoms with Crippen molar-refractivity contribution < 1.29 is 59.3 Å². The van der Waals surface area contributed by atoms with Crippen molar-refractivity contribution in [2.75, 3.05) is 39.9 Å². The van der Waals surface area contributed by atoms with E-state index < -0.39 is 48.8 Å². The zero-order valence-electron chi connectivity index (χ0n) is 31.9. The Balaban J connectivity index is 1.27. The van der Waals surface area contributed by atoms with Gasteiger partial charge in [-0.05, 0) is 69.1 Å². The van der Waals surface area contributed by atoms with E-state index in [0.29, 0.717) is 84.6 Å². The van der Waals surface area contributed by atoms with Gasteiger partial charge in [0.15, 0.2) is 11.2 Å². The normalized spacial score (nSPS) is 25.2. The van der Waals surface area contributed by atoms with Gasteiger partial charge in [0.2, 0.25) is 17.2 Å². The molecule has 1 unspecified atom stereocenters. The van der Waals surface area contributed by atoms with Gasteiger partial charge in [-0.2, -0.15) is 0 Å². The Hall–Kier alpha value is -4.49. The lowest BCUT2D eigenvalue weighted by Crippen LogP contribution is -3.01. The fourth-order valence-electron chi connectivity index (χ4n) is 8.28. The number of rotatable bonds is 17. The van der Waals surface area contributed by atoms with E-state index >= 15 is 0 Å². The molecule has 7 rings (SSSR count). The molecule has 57 heavy (non-hydrogen) atoms. The highest BCUT2D eigenvalue weighted by molar-refractivity contribution is 5.90. The van der Waals surface area contributed by atoms with E-state index in [4.69, 9.17) is 18.9 Å². The third kappa shape index (κ3) is 8.41. The number of aryl methyl sites for hydroxylation is 1. The molecule has 4 aliphatic rings. The Morgan fingerprint density at radius 2 is 1.93 bits per heavy atom. The maximum atomic E-state index is 13.5. The molecule has 1 fully saturated rings. The number of aromatic hydroxyl groups is 1. The van der Waals surface area contributed by atoms with Gasteiger partial charge in [0.1, 0.15) is 72.2 Å². The van der Waals surface area contributed by atoms with Crippen molar-refractivity contribution in [3.8, 4) is 11.5 Å². The number of hydrogen-bond acceptors (Lipinski definition) is 14. The summed E-state index contributed by atoms with van der Waals surface area (Å²) in [6.07, 6.45) is 0.741. The van der Waals surface area contributed by atoms with Crippen LogP contribution in [-0.2, 0) is 27.4 Å². The molecule has 16 heteroatoms. The number of amides is 1. The van der Waals surface area contributed by atoms with Gasteiger partial charge in [0.25, 0.3) is 0 Å². The summed E-state index contributed by atoms with van der Waals surface area (Å²) in [6, 6.07) is 9.03. The van der Waals surface area contributed by atoms with Gasteiger partial charge in [-0.15, -0.1) is 0 Å². The van der Waals surface area contributed by atoms with Crippen LogP contribution in [0, 0.1) is 12.8 Å². The number of fused-ring (bicyclic) bond motifs is 3. The molecule has 0 saturated carbocycles. The van der Waals surface area contributed by atoms with Gasteiger partial charge in [0, 0.05) is 55.6 Å². The summed E-state index contributed by atoms with van der Waals surface area (Å²) < 4.78 is 13.5. The summed E-state index contributed by atoms with van der Waals surface area (Å²) in [6.45, 7) is 1.70. The summed E-state index contributed by atoms with van der Waals surface area (Å²) in [4.78, 5) is 43.3. The van der Waals surface area contributed by atoms with Crippen LogP contribution in [0.25, 0.3) is 11.0 Å². The van der Waals surface area contributed by atoms with Crippen molar-refractivity contribution in [2.45, 2.75) is 81.1 Å². The summed E-state index contributed by atoms with van der Waals surface area (Å²) in [5, 5.41) is 69.8. The van der Waals surface area contributed by atoms with Gasteiger partial charge in [-0.1, -0.05) is 12.1 Å². The maximum absolute atomic E-state index is 13.5. The lowest BCUT2D eigenvalue weighted by atomic mass is 9.79. The first kappa shape index (κ1) is 40.7. The van der Waals surface area contributed by atoms with Crippen molar-refractivity contribution in [3.05, 3.63) is 87.1 Å². The Kier molecular flexibility index (Phi) is 12.0. The van der Waals surface area contributed by atoms with Crippen molar-refractivity contribution in [3.63, 3.8) is 0 Å². The van der Waals surface area contributed by atoms with Crippen molar-refractivity contribution in [2.24, 2.45) is 10.9 Å². The fraction of sp³-hybridized carbons (Fsp3) is 0.488. The number of carbonyl (C=O) groups is 1. The van der Waals surface area contributed by atoms with E-state index in [9.17, 15) is 40.2 Å². The minimum atomic E-state index is -2.27. The standard InChI is InChI=1S/C41H50N4O12/c1-23-13-31(48)29-15-27-16-33(57-54-22-40(53,39(52)36(51)32(49)21-46)17-24-3-5-28(47)6-4-24)41(10-12-42-2,9-7-25-14-34(50)44-18-25)56-37(27)35(38(29)55-23)45-19-26-8-11-43-30(26)20-45/h3-6,8,11,13,15,20,25,32-33,36,39,42,46-47,49,51-53H,7,9-10,12,14,16-19,21-22H2,1-2H3,(H,44,50)/p+1/t25-,32+,33+,36+,39-,40-,41-/m0/s1. The van der Waals surface area contributed by atoms with E-state index in [-0.39, 0.29) is 35.8 Å². The van der Waals surface area contributed by atoms with Crippen LogP contribution in [0.4, 0.5) is 5.69 Å². The second-order valence-electron chi connectivity index (χ2n) is 15.7. The predicted molar refractivity (Wildman–Crippen MR) is 206 cm³/mol. The highest BCUT2D eigenvalue weighted by Gasteiger charge is 2.50. The molecule has 0 spiro atoms. The summed E-state index contributed by atoms with van der Waals surface area (Å²) in [5.74, 6) is 0.968. The van der Waals surface area contributed by atoms with E-state index in [2.05, 4.69) is 15.6 Å². The predicted octanol–water partition coefficient (Wildman–Crippen LogP) is -0.246. The molecule has 3 aromatic rings. The molecule has 1 aromatic heterocycles. The van der Waals surface area contributed by atoms with E-state index in [1.165, 1.54) is 30.3 Å². The summed E-state index contributed by atoms with van der Waals surface area (Å²) >= 11 is 0. The number of aliphatic hydroxyl groups is 5. The minimum absolute atomic E-state index is 0.0216. The number of hydrogen-bond donors (Lipinski definition) is 9. The highest BCUT2D eigenvalue weighted by atomic mass is 17.2. The molecule has 16 nitrogen and oxygen atoms in total. The van der Waals surface area contributed by atoms with Crippen molar-refractivity contribution >= 4 is 28.8 Å². The van der Waals surface area contributed by atoms with E-state index in [1.54, 1.807) is 19.2 Å². The summed E-state index contributed by atoms with van der Waals surface area (Å²) in [5.41, 5.74) is 0.425. The Labute approximate surface area is 328 Å². The highest BCUT2D eigenvalue weighted by Crippen LogP contribution is 2.46. The molecule has 0 radical (unpaired) electrons. The number of ether oxygens (including phenoxy) is 1. The third-order valence-electron chi connectivity index (χ3n) is 11.5. The molecule has 1 saturated heterocycles. The van der Waals surface area contributed by atoms with Gasteiger partial charge in [-0.25, -0.2) is 9.78 Å². The lowest BCUT2D eigenvalue weighted by molar-refractivity contribution is -0.763. The van der Waals surface area contributed by atoms with Gasteiger partial charge in [0.05, 0.1) is 12.0 Å². The van der Waals surface area contributed by atoms with Crippen molar-refractivity contribution in [1.29, 1.82) is 0 Å². The topological polar surface area (TPSA) is 237 Å². The van der Waals surface area contributed by atoms with Crippen LogP contribution in [0.15, 0.2) is 74.1 Å². The Morgan fingerprint density at radius 3 is 2.63 bits per heavy atom. The molecule has 306 valence electrons. The molecule has 0 bridgehead atoms. The van der Waals surface area contributed by atoms with Crippen LogP contribution < -0.4 is 25.7 Å². The quantitative estimate of drug-likeness (QED) is 0.0635. The number of nitrogens with zero attached hydrogens (tertiary/aromatic N) is 1. The molecule has 4 aliphatic heterocycles. The number of benzene rings is 2. The zero-order chi connectivity index (χ0) is 40.5. The average Bonchev–Trinajstić information content (AvgIpc) is 3.93. The summed E-state index contributed by atoms with van der Waals surface area (Å²) in [7, 11) is 1.82. The first-order valence-electron chi connectivity index (χ1n) is 19.3. The Bertz CT molecular complexity index is 2120. The third-order valence-corrected chi connectivity index (χ3v) is 11.5. The maximum Gasteiger partial charge on any atom is 0.222 e. The first-order chi connectivity index (χ1) is 27.3. The van der Waals surface area contributed by atoms with Crippen molar-refractivity contribution in [1.82, 2.24) is 10.6 Å². The SMILES string of the molecule is CNCC[C@]1(CC[C@@H]2CNC(=O)C2)Oc2c(cc3c(=O)cc(C)oc3c2[NH+]2C=C3N=CC=C3C2)C[C@H]1OOC[C@@](O)(Cc1ccc(O)cc1)[C@@H](O)[C@H](O)[C@H](O)CO. The lowest BCUT2D eigenvalue weighted by Gasteiger charge is -2.45. The van der Waals surface area contributed by atoms with Crippen LogP contribution in [0.5, 0.6) is 11.5 Å². The zero-order valence-corrected chi connectivity index (χ0v) is 31.9. The molecule has 8 atom stereocenters. The number of aliphatic hydroxyl groups excluding tert-OH is 4.